The molecule has 0 bridgehead atoms. The number of hydrogen-bond donors (Lipinski definition) is 2. The van der Waals surface area contributed by atoms with Crippen LogP contribution in [0.5, 0.6) is 0 Å². The van der Waals surface area contributed by atoms with Crippen molar-refractivity contribution in [2.24, 2.45) is 5.73 Å². The number of likely N-dealkylation sites (tertiary alicyclic amines) is 1. The van der Waals surface area contributed by atoms with Gasteiger partial charge in [0.15, 0.2) is 5.69 Å². The molecular weight excluding hydrogens is 528 g/mol. The van der Waals surface area contributed by atoms with Crippen LogP contribution in [0.15, 0.2) is 60.8 Å². The SMILES string of the molecule is Cc1cc(C(N)=O)nn1-c1ccc2c(ccn2Cc2ccc(C3CCN(CCCNC(=O)OC(C)(C)C)CC3)cc2)c1. The lowest BCUT2D eigenvalue weighted by Crippen LogP contribution is -2.37. The van der Waals surface area contributed by atoms with Crippen LogP contribution in [0.1, 0.15) is 73.3 Å². The van der Waals surface area contributed by atoms with Gasteiger partial charge < -0.3 is 25.3 Å². The van der Waals surface area contributed by atoms with Gasteiger partial charge in [-0.25, -0.2) is 9.48 Å². The van der Waals surface area contributed by atoms with Crippen molar-refractivity contribution in [3.63, 3.8) is 0 Å². The topological polar surface area (TPSA) is 107 Å². The second kappa shape index (κ2) is 12.4. The third kappa shape index (κ3) is 7.20. The van der Waals surface area contributed by atoms with Gasteiger partial charge in [-0.1, -0.05) is 24.3 Å². The van der Waals surface area contributed by atoms with Gasteiger partial charge in [-0.3, -0.25) is 4.79 Å². The second-order valence-electron chi connectivity index (χ2n) is 12.3. The minimum absolute atomic E-state index is 0.267. The number of amides is 2. The summed E-state index contributed by atoms with van der Waals surface area (Å²) in [5, 5.41) is 8.33. The number of rotatable bonds is 9. The molecule has 0 atom stereocenters. The highest BCUT2D eigenvalue weighted by atomic mass is 16.6. The normalized spacial score (nSPS) is 14.8. The van der Waals surface area contributed by atoms with Gasteiger partial charge in [-0.15, -0.1) is 0 Å². The van der Waals surface area contributed by atoms with E-state index in [4.69, 9.17) is 10.5 Å². The van der Waals surface area contributed by atoms with Crippen molar-refractivity contribution in [1.29, 1.82) is 0 Å². The number of aryl methyl sites for hydroxylation is 1. The van der Waals surface area contributed by atoms with E-state index in [1.165, 1.54) is 11.1 Å². The Morgan fingerprint density at radius 2 is 1.79 bits per heavy atom. The van der Waals surface area contributed by atoms with Crippen LogP contribution in [0.2, 0.25) is 0 Å². The van der Waals surface area contributed by atoms with Crippen LogP contribution in [0.25, 0.3) is 16.6 Å². The molecule has 1 aliphatic heterocycles. The van der Waals surface area contributed by atoms with Gasteiger partial charge in [0.25, 0.3) is 5.91 Å². The lowest BCUT2D eigenvalue weighted by Gasteiger charge is -2.32. The number of carbonyl (C=O) groups is 2. The van der Waals surface area contributed by atoms with E-state index >= 15 is 0 Å². The number of piperidine rings is 1. The fraction of sp³-hybridized carbons (Fsp3) is 0.424. The monoisotopic (exact) mass is 570 g/mol. The number of nitrogens with zero attached hydrogens (tertiary/aromatic N) is 4. The smallest absolute Gasteiger partial charge is 0.407 e. The minimum Gasteiger partial charge on any atom is -0.444 e. The van der Waals surface area contributed by atoms with Gasteiger partial charge in [0, 0.05) is 35.9 Å². The molecule has 2 amide bonds. The molecule has 3 heterocycles. The average molecular weight is 571 g/mol. The molecule has 0 unspecified atom stereocenters. The molecule has 0 saturated carbocycles. The van der Waals surface area contributed by atoms with Crippen molar-refractivity contribution >= 4 is 22.9 Å². The van der Waals surface area contributed by atoms with Gasteiger partial charge in [0.1, 0.15) is 5.60 Å². The third-order valence-corrected chi connectivity index (χ3v) is 7.85. The molecule has 9 heteroatoms. The molecule has 5 rings (SSSR count). The van der Waals surface area contributed by atoms with Crippen molar-refractivity contribution in [2.45, 2.75) is 65.0 Å². The highest BCUT2D eigenvalue weighted by molar-refractivity contribution is 5.91. The summed E-state index contributed by atoms with van der Waals surface area (Å²) in [4.78, 5) is 25.8. The molecule has 0 aliphatic carbocycles. The number of alkyl carbamates (subject to hydrolysis) is 1. The second-order valence-corrected chi connectivity index (χ2v) is 12.3. The summed E-state index contributed by atoms with van der Waals surface area (Å²) in [7, 11) is 0. The Bertz CT molecular complexity index is 1540. The Morgan fingerprint density at radius 3 is 2.45 bits per heavy atom. The van der Waals surface area contributed by atoms with E-state index in [9.17, 15) is 9.59 Å². The van der Waals surface area contributed by atoms with E-state index in [0.717, 1.165) is 67.7 Å². The molecule has 0 radical (unpaired) electrons. The maximum Gasteiger partial charge on any atom is 0.407 e. The first-order valence-corrected chi connectivity index (χ1v) is 14.8. The fourth-order valence-corrected chi connectivity index (χ4v) is 5.70. The van der Waals surface area contributed by atoms with Crippen LogP contribution in [0.3, 0.4) is 0 Å². The molecule has 222 valence electrons. The van der Waals surface area contributed by atoms with Crippen molar-refractivity contribution < 1.29 is 14.3 Å². The number of fused-ring (bicyclic) bond motifs is 1. The first-order valence-electron chi connectivity index (χ1n) is 14.8. The molecule has 1 aliphatic rings. The Hall–Kier alpha value is -4.11. The van der Waals surface area contributed by atoms with Gasteiger partial charge in [0.2, 0.25) is 0 Å². The number of nitrogens with two attached hydrogens (primary N) is 1. The van der Waals surface area contributed by atoms with E-state index in [1.807, 2.05) is 33.8 Å². The van der Waals surface area contributed by atoms with Crippen LogP contribution in [0.4, 0.5) is 4.79 Å². The summed E-state index contributed by atoms with van der Waals surface area (Å²) >= 11 is 0. The van der Waals surface area contributed by atoms with Crippen LogP contribution >= 0.6 is 0 Å². The Balaban J connectivity index is 1.12. The fourth-order valence-electron chi connectivity index (χ4n) is 5.70. The number of hydrogen-bond acceptors (Lipinski definition) is 5. The van der Waals surface area contributed by atoms with Crippen LogP contribution in [-0.2, 0) is 11.3 Å². The first kappa shape index (κ1) is 29.4. The zero-order valence-corrected chi connectivity index (χ0v) is 25.1. The summed E-state index contributed by atoms with van der Waals surface area (Å²) in [6, 6.07) is 19.1. The summed E-state index contributed by atoms with van der Waals surface area (Å²) in [6.45, 7) is 12.1. The highest BCUT2D eigenvalue weighted by Gasteiger charge is 2.21. The Kier molecular flexibility index (Phi) is 8.68. The summed E-state index contributed by atoms with van der Waals surface area (Å²) < 4.78 is 9.31. The molecule has 42 heavy (non-hydrogen) atoms. The van der Waals surface area contributed by atoms with Crippen LogP contribution in [-0.4, -0.2) is 63.0 Å². The zero-order chi connectivity index (χ0) is 29.9. The lowest BCUT2D eigenvalue weighted by molar-refractivity contribution is 0.0525. The van der Waals surface area contributed by atoms with E-state index in [0.29, 0.717) is 12.5 Å². The highest BCUT2D eigenvalue weighted by Crippen LogP contribution is 2.29. The predicted molar refractivity (Wildman–Crippen MR) is 165 cm³/mol. The number of primary amides is 1. The van der Waals surface area contributed by atoms with E-state index < -0.39 is 11.5 Å². The molecule has 0 spiro atoms. The summed E-state index contributed by atoms with van der Waals surface area (Å²) in [5.74, 6) is 0.0592. The minimum atomic E-state index is -0.526. The van der Waals surface area contributed by atoms with Gasteiger partial charge in [0.05, 0.1) is 5.69 Å². The number of nitrogens with one attached hydrogen (secondary N) is 1. The lowest BCUT2D eigenvalue weighted by atomic mass is 9.89. The molecule has 2 aromatic heterocycles. The maximum absolute atomic E-state index is 11.8. The quantitative estimate of drug-likeness (QED) is 0.263. The number of ether oxygens (including phenoxy) is 1. The Morgan fingerprint density at radius 1 is 1.05 bits per heavy atom. The molecule has 1 fully saturated rings. The molecule has 1 saturated heterocycles. The van der Waals surface area contributed by atoms with Crippen LogP contribution < -0.4 is 11.1 Å². The maximum atomic E-state index is 11.8. The first-order chi connectivity index (χ1) is 20.1. The van der Waals surface area contributed by atoms with Crippen molar-refractivity contribution in [2.75, 3.05) is 26.2 Å². The average Bonchev–Trinajstić information content (AvgIpc) is 3.54. The van der Waals surface area contributed by atoms with Gasteiger partial charge >= 0.3 is 6.09 Å². The molecule has 2 aromatic carbocycles. The van der Waals surface area contributed by atoms with Gasteiger partial charge in [-0.2, -0.15) is 5.10 Å². The molecule has 4 aromatic rings. The third-order valence-electron chi connectivity index (χ3n) is 7.85. The van der Waals surface area contributed by atoms with Crippen molar-refractivity contribution in [3.05, 3.63) is 83.3 Å². The van der Waals surface area contributed by atoms with Crippen molar-refractivity contribution in [3.8, 4) is 5.69 Å². The number of carbonyl (C=O) groups excluding carboxylic acids is 2. The number of aromatic nitrogens is 3. The number of benzene rings is 2. The molecule has 3 N–H and O–H groups in total. The molecule has 9 nitrogen and oxygen atoms in total. The predicted octanol–water partition coefficient (Wildman–Crippen LogP) is 5.38. The summed E-state index contributed by atoms with van der Waals surface area (Å²) in [6.07, 6.45) is 5.00. The largest absolute Gasteiger partial charge is 0.444 e. The standard InChI is InChI=1S/C33H42N6O3/c1-23-20-29(31(34)40)36-39(23)28-10-11-30-27(21-28)14-19-38(30)22-24-6-8-25(9-7-24)26-12-17-37(18-13-26)16-5-15-35-32(41)42-33(2,3)4/h6-11,14,19-21,26H,5,12-13,15-18,22H2,1-4H3,(H2,34,40)(H,35,41). The van der Waals surface area contributed by atoms with Crippen molar-refractivity contribution in [1.82, 2.24) is 24.6 Å². The van der Waals surface area contributed by atoms with E-state index in [-0.39, 0.29) is 11.8 Å². The van der Waals surface area contributed by atoms with E-state index in [1.54, 1.807) is 10.7 Å². The zero-order valence-electron chi connectivity index (χ0n) is 25.1. The Labute approximate surface area is 247 Å². The van der Waals surface area contributed by atoms with Gasteiger partial charge in [-0.05, 0) is 114 Å². The van der Waals surface area contributed by atoms with E-state index in [2.05, 4.69) is 68.5 Å². The molecular formula is C33H42N6O3. The summed E-state index contributed by atoms with van der Waals surface area (Å²) in [5.41, 5.74) is 10.8. The van der Waals surface area contributed by atoms with Crippen LogP contribution in [0, 0.1) is 6.92 Å².